The fourth-order valence-corrected chi connectivity index (χ4v) is 6.23. The lowest BCUT2D eigenvalue weighted by Crippen LogP contribution is -2.44. The topological polar surface area (TPSA) is 158 Å². The number of hydrogen-bond acceptors (Lipinski definition) is 9. The first-order valence-electron chi connectivity index (χ1n) is 14.9. The number of carboxylic acid groups (broad SMARTS) is 1. The number of nitrogens with zero attached hydrogens (tertiary/aromatic N) is 1. The van der Waals surface area contributed by atoms with Crippen molar-refractivity contribution in [3.8, 4) is 5.75 Å². The number of hydrogen-bond donors (Lipinski definition) is 2. The Kier molecular flexibility index (Phi) is 12.7. The molecule has 0 bridgehead atoms. The molecule has 0 unspecified atom stereocenters. The molecule has 250 valence electrons. The number of sulfonamides is 1. The van der Waals surface area contributed by atoms with Crippen molar-refractivity contribution in [3.63, 3.8) is 0 Å². The summed E-state index contributed by atoms with van der Waals surface area (Å²) in [5, 5.41) is 13.5. The molecule has 3 aromatic rings. The normalized spacial score (nSPS) is 12.0. The molecule has 46 heavy (non-hydrogen) atoms. The van der Waals surface area contributed by atoms with Crippen LogP contribution >= 0.6 is 0 Å². The van der Waals surface area contributed by atoms with Gasteiger partial charge in [0.25, 0.3) is 0 Å². The van der Waals surface area contributed by atoms with Crippen LogP contribution in [0.1, 0.15) is 57.5 Å². The highest BCUT2D eigenvalue weighted by atomic mass is 32.2. The Morgan fingerprint density at radius 2 is 1.61 bits per heavy atom. The molecular weight excluding hydrogens is 616 g/mol. The van der Waals surface area contributed by atoms with Crippen molar-refractivity contribution in [1.82, 2.24) is 4.31 Å². The molecule has 3 aromatic carbocycles. The van der Waals surface area contributed by atoms with E-state index in [1.54, 1.807) is 58.9 Å². The average molecular weight is 659 g/mol. The summed E-state index contributed by atoms with van der Waals surface area (Å²) in [6, 6.07) is 14.4. The highest BCUT2D eigenvalue weighted by molar-refractivity contribution is 7.89. The first-order chi connectivity index (χ1) is 21.7. The van der Waals surface area contributed by atoms with E-state index in [-0.39, 0.29) is 48.5 Å². The Balaban J connectivity index is 2.00. The number of nitrogens with one attached hydrogen (secondary N) is 1. The number of aromatic carboxylic acids is 1. The summed E-state index contributed by atoms with van der Waals surface area (Å²) in [7, 11) is -4.43. The van der Waals surface area contributed by atoms with Crippen LogP contribution in [-0.4, -0.2) is 80.5 Å². The molecule has 13 heteroatoms. The Labute approximate surface area is 269 Å². The standard InChI is InChI=1S/C33H42N2O10S/c1-7-42-31(43-8-2)21-35(20-30(37)45-33(4,5)6)46(40,41)29-16-14-24(34-22(3)36)19-28(29)44-18-17-23-13-15-27(32(38)39)26-12-10-9-11-25(23)26/h9-16,19,31H,7-8,17-18,20-21H2,1-6H3,(H,34,36)(H,38,39). The quantitative estimate of drug-likeness (QED) is 0.161. The molecule has 0 saturated heterocycles. The van der Waals surface area contributed by atoms with E-state index in [0.717, 1.165) is 15.3 Å². The minimum absolute atomic E-state index is 0.00897. The third-order valence-electron chi connectivity index (χ3n) is 6.54. The summed E-state index contributed by atoms with van der Waals surface area (Å²) < 4.78 is 52.1. The molecule has 1 amide bonds. The number of anilines is 1. The van der Waals surface area contributed by atoms with Crippen LogP contribution < -0.4 is 10.1 Å². The highest BCUT2D eigenvalue weighted by Crippen LogP contribution is 2.31. The van der Waals surface area contributed by atoms with Gasteiger partial charge in [-0.15, -0.1) is 0 Å². The fourth-order valence-electron chi connectivity index (χ4n) is 4.75. The zero-order valence-electron chi connectivity index (χ0n) is 27.0. The molecule has 0 spiro atoms. The predicted molar refractivity (Wildman–Crippen MR) is 172 cm³/mol. The molecule has 0 radical (unpaired) electrons. The van der Waals surface area contributed by atoms with Crippen molar-refractivity contribution >= 4 is 44.3 Å². The van der Waals surface area contributed by atoms with Gasteiger partial charge in [-0.25, -0.2) is 13.2 Å². The summed E-state index contributed by atoms with van der Waals surface area (Å²) >= 11 is 0. The van der Waals surface area contributed by atoms with Crippen LogP contribution in [0.3, 0.4) is 0 Å². The van der Waals surface area contributed by atoms with Crippen LogP contribution in [0.5, 0.6) is 5.75 Å². The molecule has 0 aromatic heterocycles. The van der Waals surface area contributed by atoms with Gasteiger partial charge in [0.1, 0.15) is 22.8 Å². The molecule has 0 aliphatic heterocycles. The number of ether oxygens (including phenoxy) is 4. The second-order valence-electron chi connectivity index (χ2n) is 11.3. The first kappa shape index (κ1) is 36.4. The smallest absolute Gasteiger partial charge is 0.336 e. The fraction of sp³-hybridized carbons (Fsp3) is 0.424. The molecule has 0 aliphatic carbocycles. The van der Waals surface area contributed by atoms with Crippen LogP contribution in [0.25, 0.3) is 10.8 Å². The number of benzene rings is 3. The molecule has 0 heterocycles. The lowest BCUT2D eigenvalue weighted by Gasteiger charge is -2.28. The lowest BCUT2D eigenvalue weighted by molar-refractivity contribution is -0.158. The van der Waals surface area contributed by atoms with Crippen LogP contribution in [0, 0.1) is 0 Å². The highest BCUT2D eigenvalue weighted by Gasteiger charge is 2.34. The van der Waals surface area contributed by atoms with Gasteiger partial charge in [-0.1, -0.05) is 30.3 Å². The minimum atomic E-state index is -4.43. The zero-order valence-corrected chi connectivity index (χ0v) is 27.8. The summed E-state index contributed by atoms with van der Waals surface area (Å²) in [5.74, 6) is -2.24. The minimum Gasteiger partial charge on any atom is -0.492 e. The zero-order chi connectivity index (χ0) is 34.1. The number of rotatable bonds is 16. The number of carboxylic acids is 1. The maximum atomic E-state index is 14.2. The van der Waals surface area contributed by atoms with Crippen LogP contribution in [0.2, 0.25) is 0 Å². The van der Waals surface area contributed by atoms with E-state index in [1.165, 1.54) is 31.2 Å². The number of esters is 1. The largest absolute Gasteiger partial charge is 0.492 e. The number of fused-ring (bicyclic) bond motifs is 1. The first-order valence-corrected chi connectivity index (χ1v) is 16.3. The van der Waals surface area contributed by atoms with Gasteiger partial charge in [-0.2, -0.15) is 4.31 Å². The Morgan fingerprint density at radius 3 is 2.20 bits per heavy atom. The van der Waals surface area contributed by atoms with Crippen LogP contribution in [-0.2, 0) is 40.2 Å². The van der Waals surface area contributed by atoms with Gasteiger partial charge in [0.15, 0.2) is 6.29 Å². The molecule has 12 nitrogen and oxygen atoms in total. The maximum absolute atomic E-state index is 14.2. The van der Waals surface area contributed by atoms with Gasteiger partial charge < -0.3 is 29.4 Å². The molecular formula is C33H42N2O10S. The van der Waals surface area contributed by atoms with Crippen molar-refractivity contribution in [2.75, 3.05) is 38.2 Å². The van der Waals surface area contributed by atoms with E-state index in [9.17, 15) is 27.9 Å². The van der Waals surface area contributed by atoms with Crippen LogP contribution in [0.15, 0.2) is 59.5 Å². The van der Waals surface area contributed by atoms with Gasteiger partial charge in [0, 0.05) is 38.3 Å². The average Bonchev–Trinajstić information content (AvgIpc) is 2.95. The van der Waals surface area contributed by atoms with Gasteiger partial charge in [-0.05, 0) is 69.2 Å². The lowest BCUT2D eigenvalue weighted by atomic mass is 9.98. The van der Waals surface area contributed by atoms with Crippen molar-refractivity contribution < 1.29 is 46.9 Å². The maximum Gasteiger partial charge on any atom is 0.336 e. The summed E-state index contributed by atoms with van der Waals surface area (Å²) in [6.45, 7) is 9.40. The third-order valence-corrected chi connectivity index (χ3v) is 8.39. The molecule has 0 fully saturated rings. The predicted octanol–water partition coefficient (Wildman–Crippen LogP) is 4.85. The second-order valence-corrected chi connectivity index (χ2v) is 13.2. The summed E-state index contributed by atoms with van der Waals surface area (Å²) in [6.07, 6.45) is -0.653. The van der Waals surface area contributed by atoms with Crippen LogP contribution in [0.4, 0.5) is 5.69 Å². The van der Waals surface area contributed by atoms with Crippen molar-refractivity contribution in [2.45, 2.75) is 64.7 Å². The molecule has 0 atom stereocenters. The van der Waals surface area contributed by atoms with Gasteiger partial charge >= 0.3 is 11.9 Å². The van der Waals surface area contributed by atoms with E-state index in [0.29, 0.717) is 17.5 Å². The Bertz CT molecular complexity index is 1640. The number of carbonyl (C=O) groups is 3. The Hall–Kier alpha value is -4.04. The molecule has 0 aliphatic rings. The number of carbonyl (C=O) groups excluding carboxylic acids is 2. The van der Waals surface area contributed by atoms with Gasteiger partial charge in [0.2, 0.25) is 15.9 Å². The molecule has 2 N–H and O–H groups in total. The van der Waals surface area contributed by atoms with Crippen molar-refractivity contribution in [1.29, 1.82) is 0 Å². The Morgan fingerprint density at radius 1 is 0.957 bits per heavy atom. The van der Waals surface area contributed by atoms with Crippen molar-refractivity contribution in [2.24, 2.45) is 0 Å². The number of amides is 1. The summed E-state index contributed by atoms with van der Waals surface area (Å²) in [4.78, 5) is 36.2. The summed E-state index contributed by atoms with van der Waals surface area (Å²) in [5.41, 5.74) is 0.412. The molecule has 0 saturated carbocycles. The van der Waals surface area contributed by atoms with E-state index in [2.05, 4.69) is 5.32 Å². The van der Waals surface area contributed by atoms with E-state index < -0.39 is 40.4 Å². The van der Waals surface area contributed by atoms with Crippen molar-refractivity contribution in [3.05, 3.63) is 65.7 Å². The monoisotopic (exact) mass is 658 g/mol. The van der Waals surface area contributed by atoms with E-state index in [1.807, 2.05) is 6.07 Å². The van der Waals surface area contributed by atoms with Gasteiger partial charge in [0.05, 0.1) is 18.7 Å². The van der Waals surface area contributed by atoms with E-state index >= 15 is 0 Å². The van der Waals surface area contributed by atoms with E-state index in [4.69, 9.17) is 18.9 Å². The molecule has 3 rings (SSSR count). The third kappa shape index (κ3) is 9.98. The SMILES string of the molecule is CCOC(CN(CC(=O)OC(C)(C)C)S(=O)(=O)c1ccc(NC(C)=O)cc1OCCc1ccc(C(=O)O)c2ccccc12)OCC. The second kappa shape index (κ2) is 16.0. The van der Waals surface area contributed by atoms with Gasteiger partial charge in [-0.3, -0.25) is 9.59 Å².